The summed E-state index contributed by atoms with van der Waals surface area (Å²) < 4.78 is 10.1. The van der Waals surface area contributed by atoms with Crippen LogP contribution in [-0.2, 0) is 4.84 Å². The highest BCUT2D eigenvalue weighted by atomic mass is 16.6. The molecule has 0 aromatic heterocycles. The summed E-state index contributed by atoms with van der Waals surface area (Å²) in [5, 5.41) is 0. The Morgan fingerprint density at radius 3 is 2.62 bits per heavy atom. The number of carbonyl (C=O) groups is 1. The number of hydrogen-bond acceptors (Lipinski definition) is 4. The largest absolute Gasteiger partial charge is 0.497 e. The maximum atomic E-state index is 11.7. The van der Waals surface area contributed by atoms with Gasteiger partial charge in [0.2, 0.25) is 0 Å². The summed E-state index contributed by atoms with van der Waals surface area (Å²) in [4.78, 5) is 16.5. The molecule has 88 valence electrons. The quantitative estimate of drug-likeness (QED) is 0.769. The molecular formula is C11H15NO4. The Morgan fingerprint density at radius 1 is 1.31 bits per heavy atom. The van der Waals surface area contributed by atoms with Crippen molar-refractivity contribution in [3.05, 3.63) is 23.8 Å². The SMILES string of the molecule is CCONC(=O)c1cc(OC)ccc1OC. The van der Waals surface area contributed by atoms with E-state index in [1.54, 1.807) is 25.1 Å². The highest BCUT2D eigenvalue weighted by Gasteiger charge is 2.13. The number of methoxy groups -OCH3 is 2. The molecule has 1 aromatic carbocycles. The van der Waals surface area contributed by atoms with Gasteiger partial charge in [-0.25, -0.2) is 5.48 Å². The first kappa shape index (κ1) is 12.3. The lowest BCUT2D eigenvalue weighted by Crippen LogP contribution is -2.24. The van der Waals surface area contributed by atoms with Crippen LogP contribution in [0.15, 0.2) is 18.2 Å². The van der Waals surface area contributed by atoms with Gasteiger partial charge in [-0.15, -0.1) is 0 Å². The third-order valence-electron chi connectivity index (χ3n) is 1.96. The Hall–Kier alpha value is -1.75. The topological polar surface area (TPSA) is 56.8 Å². The Bertz CT molecular complexity index is 365. The average molecular weight is 225 g/mol. The van der Waals surface area contributed by atoms with Gasteiger partial charge in [0.25, 0.3) is 5.91 Å². The molecule has 0 saturated heterocycles. The van der Waals surface area contributed by atoms with Crippen molar-refractivity contribution >= 4 is 5.91 Å². The normalized spacial score (nSPS) is 9.69. The Morgan fingerprint density at radius 2 is 2.06 bits per heavy atom. The standard InChI is InChI=1S/C11H15NO4/c1-4-16-12-11(13)9-7-8(14-2)5-6-10(9)15-3/h5-7H,4H2,1-3H3,(H,12,13). The number of rotatable bonds is 5. The highest BCUT2D eigenvalue weighted by Crippen LogP contribution is 2.23. The summed E-state index contributed by atoms with van der Waals surface area (Å²) in [7, 11) is 3.03. The first-order valence-electron chi connectivity index (χ1n) is 4.87. The number of ether oxygens (including phenoxy) is 2. The summed E-state index contributed by atoms with van der Waals surface area (Å²) in [5.74, 6) is 0.693. The van der Waals surface area contributed by atoms with E-state index >= 15 is 0 Å². The maximum Gasteiger partial charge on any atom is 0.278 e. The van der Waals surface area contributed by atoms with Gasteiger partial charge in [0.1, 0.15) is 11.5 Å². The predicted octanol–water partition coefficient (Wildman–Crippen LogP) is 1.39. The molecule has 0 unspecified atom stereocenters. The van der Waals surface area contributed by atoms with Crippen molar-refractivity contribution in [1.82, 2.24) is 5.48 Å². The summed E-state index contributed by atoms with van der Waals surface area (Å²) in [6, 6.07) is 4.98. The van der Waals surface area contributed by atoms with E-state index in [2.05, 4.69) is 5.48 Å². The molecule has 0 atom stereocenters. The maximum absolute atomic E-state index is 11.7. The zero-order chi connectivity index (χ0) is 12.0. The second-order valence-corrected chi connectivity index (χ2v) is 2.93. The van der Waals surface area contributed by atoms with Crippen LogP contribution in [0.1, 0.15) is 17.3 Å². The van der Waals surface area contributed by atoms with Gasteiger partial charge in [-0.3, -0.25) is 9.63 Å². The van der Waals surface area contributed by atoms with Gasteiger partial charge in [-0.2, -0.15) is 0 Å². The van der Waals surface area contributed by atoms with Crippen molar-refractivity contribution in [3.63, 3.8) is 0 Å². The van der Waals surface area contributed by atoms with E-state index < -0.39 is 0 Å². The van der Waals surface area contributed by atoms with Gasteiger partial charge < -0.3 is 9.47 Å². The number of carbonyl (C=O) groups excluding carboxylic acids is 1. The third-order valence-corrected chi connectivity index (χ3v) is 1.96. The van der Waals surface area contributed by atoms with Gasteiger partial charge in [0.15, 0.2) is 0 Å². The van der Waals surface area contributed by atoms with Crippen molar-refractivity contribution in [2.45, 2.75) is 6.92 Å². The lowest BCUT2D eigenvalue weighted by Gasteiger charge is -2.10. The van der Waals surface area contributed by atoms with Crippen LogP contribution in [0.25, 0.3) is 0 Å². The first-order valence-corrected chi connectivity index (χ1v) is 4.87. The van der Waals surface area contributed by atoms with Crippen molar-refractivity contribution in [2.75, 3.05) is 20.8 Å². The predicted molar refractivity (Wildman–Crippen MR) is 58.6 cm³/mol. The second kappa shape index (κ2) is 5.97. The summed E-state index contributed by atoms with van der Waals surface area (Å²) in [6.07, 6.45) is 0. The van der Waals surface area contributed by atoms with Crippen LogP contribution >= 0.6 is 0 Å². The molecule has 1 rings (SSSR count). The number of benzene rings is 1. The fourth-order valence-electron chi connectivity index (χ4n) is 1.18. The van der Waals surface area contributed by atoms with Crippen molar-refractivity contribution in [2.24, 2.45) is 0 Å². The molecule has 0 aliphatic heterocycles. The molecule has 1 aromatic rings. The van der Waals surface area contributed by atoms with Gasteiger partial charge in [-0.05, 0) is 25.1 Å². The molecule has 5 nitrogen and oxygen atoms in total. The molecular weight excluding hydrogens is 210 g/mol. The van der Waals surface area contributed by atoms with E-state index in [9.17, 15) is 4.79 Å². The number of hydroxylamine groups is 1. The number of nitrogens with one attached hydrogen (secondary N) is 1. The van der Waals surface area contributed by atoms with E-state index in [1.165, 1.54) is 14.2 Å². The van der Waals surface area contributed by atoms with E-state index in [0.29, 0.717) is 23.7 Å². The summed E-state index contributed by atoms with van der Waals surface area (Å²) >= 11 is 0. The van der Waals surface area contributed by atoms with Gasteiger partial charge >= 0.3 is 0 Å². The molecule has 5 heteroatoms. The molecule has 0 bridgehead atoms. The monoisotopic (exact) mass is 225 g/mol. The summed E-state index contributed by atoms with van der Waals surface area (Å²) in [6.45, 7) is 2.18. The Labute approximate surface area is 94.3 Å². The van der Waals surface area contributed by atoms with Crippen LogP contribution < -0.4 is 15.0 Å². The Kier molecular flexibility index (Phi) is 4.60. The zero-order valence-electron chi connectivity index (χ0n) is 9.57. The fraction of sp³-hybridized carbons (Fsp3) is 0.364. The Balaban J connectivity index is 2.94. The van der Waals surface area contributed by atoms with Crippen LogP contribution in [-0.4, -0.2) is 26.7 Å². The van der Waals surface area contributed by atoms with Crippen LogP contribution in [0.2, 0.25) is 0 Å². The van der Waals surface area contributed by atoms with Crippen molar-refractivity contribution < 1.29 is 19.1 Å². The molecule has 0 spiro atoms. The molecule has 0 radical (unpaired) electrons. The smallest absolute Gasteiger partial charge is 0.278 e. The number of hydrogen-bond donors (Lipinski definition) is 1. The van der Waals surface area contributed by atoms with Crippen LogP contribution in [0.3, 0.4) is 0 Å². The van der Waals surface area contributed by atoms with Crippen LogP contribution in [0, 0.1) is 0 Å². The van der Waals surface area contributed by atoms with E-state index in [4.69, 9.17) is 14.3 Å². The van der Waals surface area contributed by atoms with Gasteiger partial charge in [0, 0.05) is 0 Å². The minimum Gasteiger partial charge on any atom is -0.497 e. The van der Waals surface area contributed by atoms with E-state index in [-0.39, 0.29) is 5.91 Å². The molecule has 0 fully saturated rings. The molecule has 16 heavy (non-hydrogen) atoms. The molecule has 1 amide bonds. The summed E-state index contributed by atoms with van der Waals surface area (Å²) in [5.41, 5.74) is 2.67. The third kappa shape index (κ3) is 2.87. The van der Waals surface area contributed by atoms with Crippen molar-refractivity contribution in [3.8, 4) is 11.5 Å². The molecule has 0 saturated carbocycles. The molecule has 1 N–H and O–H groups in total. The lowest BCUT2D eigenvalue weighted by atomic mass is 10.2. The van der Waals surface area contributed by atoms with Crippen molar-refractivity contribution in [1.29, 1.82) is 0 Å². The van der Waals surface area contributed by atoms with Crippen LogP contribution in [0.4, 0.5) is 0 Å². The molecule has 0 aliphatic carbocycles. The number of amides is 1. The zero-order valence-corrected chi connectivity index (χ0v) is 9.57. The van der Waals surface area contributed by atoms with Gasteiger partial charge in [0.05, 0.1) is 26.4 Å². The highest BCUT2D eigenvalue weighted by molar-refractivity contribution is 5.96. The van der Waals surface area contributed by atoms with E-state index in [1.807, 2.05) is 0 Å². The lowest BCUT2D eigenvalue weighted by molar-refractivity contribution is 0.0362. The molecule has 0 aliphatic rings. The second-order valence-electron chi connectivity index (χ2n) is 2.93. The fourth-order valence-corrected chi connectivity index (χ4v) is 1.18. The van der Waals surface area contributed by atoms with Gasteiger partial charge in [-0.1, -0.05) is 0 Å². The van der Waals surface area contributed by atoms with E-state index in [0.717, 1.165) is 0 Å². The molecule has 0 heterocycles. The first-order chi connectivity index (χ1) is 7.72. The minimum absolute atomic E-state index is 0.363. The van der Waals surface area contributed by atoms with Crippen LogP contribution in [0.5, 0.6) is 11.5 Å². The average Bonchev–Trinajstić information content (AvgIpc) is 2.35. The minimum atomic E-state index is -0.363.